The van der Waals surface area contributed by atoms with Crippen LogP contribution < -0.4 is 5.32 Å². The zero-order valence-corrected chi connectivity index (χ0v) is 14.6. The van der Waals surface area contributed by atoms with Gasteiger partial charge in [-0.3, -0.25) is 0 Å². The second kappa shape index (κ2) is 7.64. The second-order valence-electron chi connectivity index (χ2n) is 6.76. The van der Waals surface area contributed by atoms with Crippen molar-refractivity contribution >= 4 is 22.0 Å². The number of ether oxygens (including phenoxy) is 1. The van der Waals surface area contributed by atoms with Crippen LogP contribution in [-0.4, -0.2) is 33.8 Å². The first-order chi connectivity index (χ1) is 9.20. The molecule has 5 heteroatoms. The fourth-order valence-electron chi connectivity index (χ4n) is 2.66. The maximum atomic E-state index is 11.9. The van der Waals surface area contributed by atoms with Crippen molar-refractivity contribution in [3.05, 3.63) is 0 Å². The van der Waals surface area contributed by atoms with Crippen molar-refractivity contribution in [3.8, 4) is 0 Å². The minimum absolute atomic E-state index is 0.0790. The van der Waals surface area contributed by atoms with Crippen molar-refractivity contribution < 1.29 is 14.6 Å². The van der Waals surface area contributed by atoms with Gasteiger partial charge in [-0.2, -0.15) is 0 Å². The van der Waals surface area contributed by atoms with E-state index < -0.39 is 17.8 Å². The molecule has 1 aliphatic carbocycles. The molecule has 0 aromatic rings. The van der Waals surface area contributed by atoms with Gasteiger partial charge in [-0.1, -0.05) is 35.2 Å². The van der Waals surface area contributed by atoms with Gasteiger partial charge in [-0.25, -0.2) is 4.79 Å². The van der Waals surface area contributed by atoms with E-state index in [1.807, 2.05) is 20.8 Å². The van der Waals surface area contributed by atoms with E-state index in [0.29, 0.717) is 5.92 Å². The number of alkyl halides is 1. The van der Waals surface area contributed by atoms with Gasteiger partial charge in [0.2, 0.25) is 0 Å². The van der Waals surface area contributed by atoms with Gasteiger partial charge in [-0.15, -0.1) is 0 Å². The summed E-state index contributed by atoms with van der Waals surface area (Å²) in [6, 6.07) is -0.326. The molecule has 3 atom stereocenters. The molecule has 0 radical (unpaired) electrons. The highest BCUT2D eigenvalue weighted by Gasteiger charge is 2.33. The van der Waals surface area contributed by atoms with Gasteiger partial charge in [0.15, 0.2) is 0 Å². The number of hydrogen-bond donors (Lipinski definition) is 2. The molecule has 1 rings (SSSR count). The Morgan fingerprint density at radius 2 is 1.85 bits per heavy atom. The molecule has 0 heterocycles. The summed E-state index contributed by atoms with van der Waals surface area (Å²) < 4.78 is 5.27. The van der Waals surface area contributed by atoms with Crippen molar-refractivity contribution in [3.63, 3.8) is 0 Å². The maximum Gasteiger partial charge on any atom is 0.407 e. The first-order valence-electron chi connectivity index (χ1n) is 7.52. The number of hydrogen-bond acceptors (Lipinski definition) is 3. The van der Waals surface area contributed by atoms with E-state index in [0.717, 1.165) is 12.8 Å². The summed E-state index contributed by atoms with van der Waals surface area (Å²) in [5.41, 5.74) is -0.528. The number of alkyl carbamates (subject to hydrolysis) is 1. The molecule has 1 amide bonds. The largest absolute Gasteiger partial charge is 0.444 e. The Morgan fingerprint density at radius 1 is 1.30 bits per heavy atom. The number of nitrogens with one attached hydrogen (secondary N) is 1. The Labute approximate surface area is 130 Å². The smallest absolute Gasteiger partial charge is 0.407 e. The van der Waals surface area contributed by atoms with Crippen molar-refractivity contribution in [2.45, 2.75) is 82.4 Å². The van der Waals surface area contributed by atoms with Crippen LogP contribution in [0.25, 0.3) is 0 Å². The lowest BCUT2D eigenvalue weighted by molar-refractivity contribution is 0.0420. The van der Waals surface area contributed by atoms with Crippen molar-refractivity contribution in [2.75, 3.05) is 0 Å². The Kier molecular flexibility index (Phi) is 6.79. The lowest BCUT2D eigenvalue weighted by atomic mass is 9.84. The fourth-order valence-corrected chi connectivity index (χ4v) is 3.76. The van der Waals surface area contributed by atoms with Gasteiger partial charge in [0.25, 0.3) is 0 Å². The Bertz CT molecular complexity index is 309. The quantitative estimate of drug-likeness (QED) is 0.762. The van der Waals surface area contributed by atoms with Gasteiger partial charge in [-0.05, 0) is 46.5 Å². The monoisotopic (exact) mass is 349 g/mol. The number of carbonyl (C=O) groups is 1. The highest BCUT2D eigenvalue weighted by Crippen LogP contribution is 2.32. The molecule has 4 nitrogen and oxygen atoms in total. The number of carbonyl (C=O) groups excluding carboxylic acids is 1. The average Bonchev–Trinajstić information content (AvgIpc) is 2.34. The molecular weight excluding hydrogens is 322 g/mol. The summed E-state index contributed by atoms with van der Waals surface area (Å²) >= 11 is 3.68. The van der Waals surface area contributed by atoms with Gasteiger partial charge in [0.05, 0.1) is 12.1 Å². The van der Waals surface area contributed by atoms with E-state index in [1.54, 1.807) is 6.92 Å². The molecular formula is C15H28BrNO3. The summed E-state index contributed by atoms with van der Waals surface area (Å²) in [5.74, 6) is 0.498. The fraction of sp³-hybridized carbons (Fsp3) is 0.933. The molecule has 2 N–H and O–H groups in total. The van der Waals surface area contributed by atoms with E-state index in [9.17, 15) is 9.90 Å². The van der Waals surface area contributed by atoms with E-state index in [-0.39, 0.29) is 10.9 Å². The normalized spacial score (nSPS) is 21.9. The first-order valence-corrected chi connectivity index (χ1v) is 8.44. The zero-order valence-electron chi connectivity index (χ0n) is 13.0. The molecule has 20 heavy (non-hydrogen) atoms. The number of halogens is 1. The Hall–Kier alpha value is -0.290. The predicted molar refractivity (Wildman–Crippen MR) is 84.1 cm³/mol. The lowest BCUT2D eigenvalue weighted by Gasteiger charge is -2.34. The first kappa shape index (κ1) is 17.8. The van der Waals surface area contributed by atoms with Crippen LogP contribution in [0.1, 0.15) is 59.8 Å². The third-order valence-corrected chi connectivity index (χ3v) is 4.96. The summed E-state index contributed by atoms with van der Waals surface area (Å²) in [6.07, 6.45) is 4.95. The van der Waals surface area contributed by atoms with Crippen molar-refractivity contribution in [2.24, 2.45) is 5.92 Å². The molecule has 0 unspecified atom stereocenters. The molecule has 118 valence electrons. The third-order valence-electron chi connectivity index (χ3n) is 3.65. The molecule has 1 saturated carbocycles. The second-order valence-corrected chi connectivity index (χ2v) is 7.81. The summed E-state index contributed by atoms with van der Waals surface area (Å²) in [7, 11) is 0. The number of aliphatic hydroxyl groups is 1. The van der Waals surface area contributed by atoms with E-state index in [4.69, 9.17) is 4.74 Å². The highest BCUT2D eigenvalue weighted by molar-refractivity contribution is 9.09. The minimum Gasteiger partial charge on any atom is -0.444 e. The summed E-state index contributed by atoms with van der Waals surface area (Å²) in [5, 5.41) is 12.8. The van der Waals surface area contributed by atoms with Crippen LogP contribution in [0.3, 0.4) is 0 Å². The zero-order chi connectivity index (χ0) is 15.3. The molecule has 0 aromatic carbocycles. The van der Waals surface area contributed by atoms with E-state index in [1.165, 1.54) is 19.3 Å². The van der Waals surface area contributed by atoms with E-state index in [2.05, 4.69) is 21.2 Å². The van der Waals surface area contributed by atoms with Crippen molar-refractivity contribution in [1.82, 2.24) is 5.32 Å². The molecule has 1 aliphatic rings. The SMILES string of the molecule is C[C@@H](O)[C@H](NC(=O)OC(C)(C)C)[C@H](Br)C1CCCCC1. The number of rotatable bonds is 4. The molecule has 0 saturated heterocycles. The molecule has 0 spiro atoms. The molecule has 0 bridgehead atoms. The summed E-state index contributed by atoms with van der Waals surface area (Å²) in [4.78, 5) is 12.0. The Balaban J connectivity index is 2.61. The number of aliphatic hydroxyl groups excluding tert-OH is 1. The third kappa shape index (κ3) is 6.00. The van der Waals surface area contributed by atoms with Gasteiger partial charge in [0.1, 0.15) is 5.60 Å². The molecule has 1 fully saturated rings. The maximum absolute atomic E-state index is 11.9. The van der Waals surface area contributed by atoms with Crippen LogP contribution >= 0.6 is 15.9 Å². The molecule has 0 aromatic heterocycles. The van der Waals surface area contributed by atoms with Crippen LogP contribution in [0.4, 0.5) is 4.79 Å². The van der Waals surface area contributed by atoms with Crippen LogP contribution in [-0.2, 0) is 4.74 Å². The van der Waals surface area contributed by atoms with Gasteiger partial charge < -0.3 is 15.2 Å². The van der Waals surface area contributed by atoms with E-state index >= 15 is 0 Å². The lowest BCUT2D eigenvalue weighted by Crippen LogP contribution is -2.51. The van der Waals surface area contributed by atoms with Gasteiger partial charge >= 0.3 is 6.09 Å². The van der Waals surface area contributed by atoms with Crippen LogP contribution in [0.5, 0.6) is 0 Å². The predicted octanol–water partition coefficient (Wildman–Crippen LogP) is 3.60. The van der Waals surface area contributed by atoms with Crippen LogP contribution in [0, 0.1) is 5.92 Å². The standard InChI is InChI=1S/C15H28BrNO3/c1-10(18)13(17-14(19)20-15(2,3)4)12(16)11-8-6-5-7-9-11/h10-13,18H,5-9H2,1-4H3,(H,17,19)/t10-,12-,13+/m1/s1. The van der Waals surface area contributed by atoms with Crippen LogP contribution in [0.2, 0.25) is 0 Å². The topological polar surface area (TPSA) is 58.6 Å². The summed E-state index contributed by atoms with van der Waals surface area (Å²) in [6.45, 7) is 7.20. The van der Waals surface area contributed by atoms with Crippen molar-refractivity contribution in [1.29, 1.82) is 0 Å². The van der Waals surface area contributed by atoms with Gasteiger partial charge in [0, 0.05) is 4.83 Å². The average molecular weight is 350 g/mol. The van der Waals surface area contributed by atoms with Crippen LogP contribution in [0.15, 0.2) is 0 Å². The highest BCUT2D eigenvalue weighted by atomic mass is 79.9. The molecule has 0 aliphatic heterocycles. The number of amides is 1. The Morgan fingerprint density at radius 3 is 2.30 bits per heavy atom. The minimum atomic E-state index is -0.617.